The number of aromatic nitrogens is 2. The summed E-state index contributed by atoms with van der Waals surface area (Å²) in [6.07, 6.45) is -3.69. The van der Waals surface area contributed by atoms with Gasteiger partial charge in [-0.15, -0.1) is 0 Å². The number of aliphatic hydroxyl groups excluding tert-OH is 1. The highest BCUT2D eigenvalue weighted by atomic mass is 16.7. The minimum absolute atomic E-state index is 0.0107. The van der Waals surface area contributed by atoms with Crippen LogP contribution in [-0.2, 0) is 44.7 Å². The Morgan fingerprint density at radius 3 is 2.52 bits per heavy atom. The lowest BCUT2D eigenvalue weighted by Crippen LogP contribution is -2.60. The number of aromatic amines is 1. The molecule has 63 heavy (non-hydrogen) atoms. The molecule has 0 radical (unpaired) electrons. The molecule has 2 aromatic rings. The van der Waals surface area contributed by atoms with Crippen LogP contribution < -0.4 is 5.56 Å². The molecule has 5 aliphatic rings. The molecule has 4 saturated heterocycles. The molecule has 0 saturated carbocycles. The number of carbonyl (C=O) groups excluding carboxylic acids is 2. The molecule has 2 N–H and O–H groups in total. The van der Waals surface area contributed by atoms with Crippen molar-refractivity contribution in [2.75, 3.05) is 40.4 Å². The Kier molecular flexibility index (Phi) is 14.1. The number of nitrogens with zero attached hydrogens (tertiary/aromatic N) is 5. The first-order chi connectivity index (χ1) is 29.9. The molecular weight excluding hydrogens is 813 g/mol. The zero-order valence-electron chi connectivity index (χ0n) is 38.3. The van der Waals surface area contributed by atoms with E-state index < -0.39 is 71.8 Å². The number of aliphatic imine (C=N–C) groups is 1. The van der Waals surface area contributed by atoms with Gasteiger partial charge in [-0.2, -0.15) is 0 Å². The number of likely N-dealkylation sites (N-methyl/N-ethyl adjacent to an activating group) is 1. The van der Waals surface area contributed by atoms with Crippen molar-refractivity contribution in [3.63, 3.8) is 0 Å². The maximum atomic E-state index is 14.6. The van der Waals surface area contributed by atoms with Crippen molar-refractivity contribution < 1.29 is 48.0 Å². The highest BCUT2D eigenvalue weighted by Crippen LogP contribution is 2.45. The third-order valence-corrected chi connectivity index (χ3v) is 13.8. The quantitative estimate of drug-likeness (QED) is 0.276. The van der Waals surface area contributed by atoms with E-state index in [-0.39, 0.29) is 49.4 Å². The van der Waals surface area contributed by atoms with E-state index in [0.717, 1.165) is 5.71 Å². The van der Waals surface area contributed by atoms with Crippen LogP contribution in [-0.4, -0.2) is 149 Å². The maximum absolute atomic E-state index is 14.6. The standard InChI is InChI=1S/C46H66N6O11/c1-11-35-46(8)40-27(4)37(47-18-19-52(40)44(56)63-46)25(2)21-45(7)41(62-43-38(54)34(51(9)10)20-26(3)60-43)28(5)39(29(6)42(55)61-35)57-22-31(23-58-45)50-59-24-30-14-12-15-32(48-30)33-16-13-17-36(53)49-33/h12-17,25-29,34-35,38-41,43,54H,11,18-24H2,1-10H3,(H,49,53)/b50-31+/t25-,26+,27+,28+,29-,34-,35-,38+,39+,40-,41-,43-,45-,46-/m1/s1. The highest BCUT2D eigenvalue weighted by Gasteiger charge is 2.60. The molecule has 346 valence electrons. The van der Waals surface area contributed by atoms with Crippen molar-refractivity contribution in [1.82, 2.24) is 19.8 Å². The number of hydrogen-bond acceptors (Lipinski definition) is 15. The number of fused-ring (bicyclic) bond motifs is 4. The van der Waals surface area contributed by atoms with Crippen LogP contribution in [0.5, 0.6) is 0 Å². The van der Waals surface area contributed by atoms with Crippen LogP contribution in [0.2, 0.25) is 0 Å². The molecule has 5 aliphatic heterocycles. The minimum atomic E-state index is -1.16. The summed E-state index contributed by atoms with van der Waals surface area (Å²) >= 11 is 0. The lowest BCUT2D eigenvalue weighted by Gasteiger charge is -2.48. The van der Waals surface area contributed by atoms with Gasteiger partial charge in [-0.3, -0.25) is 19.5 Å². The lowest BCUT2D eigenvalue weighted by molar-refractivity contribution is -0.302. The molecule has 4 fully saturated rings. The smallest absolute Gasteiger partial charge is 0.410 e. The molecule has 0 spiro atoms. The lowest BCUT2D eigenvalue weighted by atomic mass is 9.72. The Bertz CT molecular complexity index is 2080. The van der Waals surface area contributed by atoms with E-state index in [9.17, 15) is 19.5 Å². The van der Waals surface area contributed by atoms with E-state index in [1.807, 2.05) is 59.7 Å². The third-order valence-electron chi connectivity index (χ3n) is 13.8. The molecule has 2 aromatic heterocycles. The predicted molar refractivity (Wildman–Crippen MR) is 233 cm³/mol. The first-order valence-electron chi connectivity index (χ1n) is 22.4. The van der Waals surface area contributed by atoms with Crippen molar-refractivity contribution in [3.8, 4) is 11.4 Å². The normalized spacial score (nSPS) is 38.4. The van der Waals surface area contributed by atoms with Gasteiger partial charge in [0.05, 0.1) is 72.7 Å². The maximum Gasteiger partial charge on any atom is 0.410 e. The van der Waals surface area contributed by atoms with E-state index in [1.54, 1.807) is 36.1 Å². The molecular formula is C46H66N6O11. The largest absolute Gasteiger partial charge is 0.458 e. The average Bonchev–Trinajstić information content (AvgIpc) is 3.39. The Balaban J connectivity index is 1.28. The second-order valence-electron chi connectivity index (χ2n) is 18.8. The van der Waals surface area contributed by atoms with Crippen molar-refractivity contribution in [1.29, 1.82) is 0 Å². The molecule has 1 amide bonds. The SMILES string of the molecule is CC[C@H]1OC(=O)[C@H](C)[C@H]2OC/C(=N\OCc3cccc(-c4cccc(=O)[nH]4)n3)CO[C@](C)(C[C@@H](C)C3=NCCN4C(=O)O[C@@]1(C)[C@H]4[C@H]3C)[C@H](O[C@H]1O[C@@H](C)C[C@@H](N(C)C)[C@@H]1O)[C@H]2C. The fraction of sp³-hybridized carbons (Fsp3) is 0.696. The number of hydrogen-bond donors (Lipinski definition) is 2. The van der Waals surface area contributed by atoms with Crippen LogP contribution in [0.25, 0.3) is 11.4 Å². The van der Waals surface area contributed by atoms with Crippen LogP contribution in [0.3, 0.4) is 0 Å². The van der Waals surface area contributed by atoms with Gasteiger partial charge in [0.1, 0.15) is 17.9 Å². The van der Waals surface area contributed by atoms with E-state index >= 15 is 0 Å². The summed E-state index contributed by atoms with van der Waals surface area (Å²) < 4.78 is 39.9. The zero-order chi connectivity index (χ0) is 45.4. The number of H-pyrrole nitrogens is 1. The van der Waals surface area contributed by atoms with Gasteiger partial charge >= 0.3 is 12.1 Å². The number of oxime groups is 1. The number of ether oxygens (including phenoxy) is 6. The van der Waals surface area contributed by atoms with Gasteiger partial charge in [0.2, 0.25) is 5.56 Å². The van der Waals surface area contributed by atoms with E-state index in [2.05, 4.69) is 29.0 Å². The fourth-order valence-electron chi connectivity index (χ4n) is 10.7. The van der Waals surface area contributed by atoms with E-state index in [1.165, 1.54) is 6.07 Å². The molecule has 0 unspecified atom stereocenters. The number of aliphatic hydroxyl groups is 1. The minimum Gasteiger partial charge on any atom is -0.458 e. The Morgan fingerprint density at radius 1 is 1.03 bits per heavy atom. The molecule has 17 nitrogen and oxygen atoms in total. The number of esters is 1. The molecule has 0 aromatic carbocycles. The highest BCUT2D eigenvalue weighted by molar-refractivity contribution is 5.91. The Hall–Kier alpha value is -4.26. The number of cyclic esters (lactones) is 1. The van der Waals surface area contributed by atoms with Gasteiger partial charge < -0.3 is 48.2 Å². The van der Waals surface area contributed by atoms with Gasteiger partial charge in [-0.05, 0) is 85.2 Å². The van der Waals surface area contributed by atoms with Crippen LogP contribution in [0.15, 0.2) is 51.3 Å². The predicted octanol–water partition coefficient (Wildman–Crippen LogP) is 4.60. The van der Waals surface area contributed by atoms with Gasteiger partial charge in [-0.1, -0.05) is 45.0 Å². The Labute approximate surface area is 369 Å². The number of pyridine rings is 2. The second kappa shape index (κ2) is 19.1. The molecule has 17 heteroatoms. The van der Waals surface area contributed by atoms with Crippen LogP contribution in [0, 0.1) is 23.7 Å². The summed E-state index contributed by atoms with van der Waals surface area (Å²) in [4.78, 5) is 62.4. The second-order valence-corrected chi connectivity index (χ2v) is 18.8. The van der Waals surface area contributed by atoms with E-state index in [0.29, 0.717) is 55.1 Å². The average molecular weight is 879 g/mol. The first kappa shape index (κ1) is 46.7. The van der Waals surface area contributed by atoms with Gasteiger partial charge in [0.15, 0.2) is 18.5 Å². The zero-order valence-corrected chi connectivity index (χ0v) is 38.3. The van der Waals surface area contributed by atoms with Gasteiger partial charge in [0, 0.05) is 36.2 Å². The van der Waals surface area contributed by atoms with Gasteiger partial charge in [-0.25, -0.2) is 9.78 Å². The summed E-state index contributed by atoms with van der Waals surface area (Å²) in [7, 11) is 3.85. The summed E-state index contributed by atoms with van der Waals surface area (Å²) in [5.74, 6) is -2.40. The third kappa shape index (κ3) is 9.59. The number of rotatable bonds is 8. The van der Waals surface area contributed by atoms with Crippen LogP contribution >= 0.6 is 0 Å². The monoisotopic (exact) mass is 878 g/mol. The van der Waals surface area contributed by atoms with Crippen molar-refractivity contribution >= 4 is 23.5 Å². The van der Waals surface area contributed by atoms with Crippen molar-refractivity contribution in [2.24, 2.45) is 33.8 Å². The van der Waals surface area contributed by atoms with Crippen molar-refractivity contribution in [3.05, 3.63) is 52.4 Å². The Morgan fingerprint density at radius 2 is 1.79 bits per heavy atom. The molecule has 7 heterocycles. The molecule has 0 aliphatic carbocycles. The summed E-state index contributed by atoms with van der Waals surface area (Å²) in [6.45, 7) is 16.3. The summed E-state index contributed by atoms with van der Waals surface area (Å²) in [5, 5.41) is 16.3. The number of nitrogens with one attached hydrogen (secondary N) is 1. The number of carbonyl (C=O) groups is 2. The molecule has 7 rings (SSSR count). The first-order valence-corrected chi connectivity index (χ1v) is 22.4. The van der Waals surface area contributed by atoms with Crippen molar-refractivity contribution in [2.45, 2.75) is 141 Å². The van der Waals surface area contributed by atoms with Crippen LogP contribution in [0.4, 0.5) is 4.79 Å². The summed E-state index contributed by atoms with van der Waals surface area (Å²) in [6, 6.07) is 9.62. The fourth-order valence-corrected chi connectivity index (χ4v) is 10.7. The molecule has 4 bridgehead atoms. The number of amides is 1. The topological polar surface area (TPSA) is 196 Å². The summed E-state index contributed by atoms with van der Waals surface area (Å²) in [5.41, 5.74) is 0.522. The van der Waals surface area contributed by atoms with Crippen LogP contribution in [0.1, 0.15) is 80.3 Å². The molecule has 14 atom stereocenters. The van der Waals surface area contributed by atoms with E-state index in [4.69, 9.17) is 38.3 Å². The van der Waals surface area contributed by atoms with Gasteiger partial charge in [0.25, 0.3) is 0 Å².